The van der Waals surface area contributed by atoms with Gasteiger partial charge in [0, 0.05) is 25.3 Å². The van der Waals surface area contributed by atoms with Gasteiger partial charge in [-0.1, -0.05) is 0 Å². The summed E-state index contributed by atoms with van der Waals surface area (Å²) in [6.45, 7) is 3.43. The number of carbonyl (C=O) groups is 1. The highest BCUT2D eigenvalue weighted by molar-refractivity contribution is 5.93. The molecule has 0 bridgehead atoms. The van der Waals surface area contributed by atoms with Crippen LogP contribution in [0.15, 0.2) is 24.4 Å². The summed E-state index contributed by atoms with van der Waals surface area (Å²) >= 11 is 0. The Labute approximate surface area is 112 Å². The minimum Gasteiger partial charge on any atom is -0.336 e. The normalized spacial score (nSPS) is 19.9. The van der Waals surface area contributed by atoms with E-state index in [9.17, 15) is 4.79 Å². The molecule has 0 radical (unpaired) electrons. The predicted octanol–water partition coefficient (Wildman–Crippen LogP) is 1.21. The van der Waals surface area contributed by atoms with Crippen LogP contribution in [0.1, 0.15) is 28.9 Å². The molecule has 100 valence electrons. The first kappa shape index (κ1) is 12.2. The fourth-order valence-electron chi connectivity index (χ4n) is 2.57. The zero-order chi connectivity index (χ0) is 13.4. The summed E-state index contributed by atoms with van der Waals surface area (Å²) in [5.74, 6) is -0.0171. The van der Waals surface area contributed by atoms with Crippen molar-refractivity contribution >= 4 is 11.4 Å². The molecule has 0 aliphatic carbocycles. The molecule has 0 unspecified atom stereocenters. The van der Waals surface area contributed by atoms with E-state index in [1.807, 2.05) is 36.2 Å². The van der Waals surface area contributed by atoms with Gasteiger partial charge in [-0.2, -0.15) is 5.10 Å². The minimum atomic E-state index is -0.0171. The number of rotatable bonds is 1. The Hall–Kier alpha value is -1.88. The third-order valence-corrected chi connectivity index (χ3v) is 3.58. The van der Waals surface area contributed by atoms with Crippen molar-refractivity contribution in [3.8, 4) is 0 Å². The van der Waals surface area contributed by atoms with Crippen LogP contribution in [0.3, 0.4) is 0 Å². The summed E-state index contributed by atoms with van der Waals surface area (Å²) < 4.78 is 1.74. The zero-order valence-corrected chi connectivity index (χ0v) is 11.0. The number of nitrogens with zero attached hydrogens (tertiary/aromatic N) is 3. The van der Waals surface area contributed by atoms with E-state index in [4.69, 9.17) is 5.73 Å². The number of pyridine rings is 1. The van der Waals surface area contributed by atoms with Gasteiger partial charge in [-0.3, -0.25) is 4.79 Å². The Morgan fingerprint density at radius 3 is 3.11 bits per heavy atom. The number of hydrogen-bond donors (Lipinski definition) is 1. The van der Waals surface area contributed by atoms with Crippen molar-refractivity contribution in [1.82, 2.24) is 14.5 Å². The summed E-state index contributed by atoms with van der Waals surface area (Å²) in [7, 11) is 0. The average molecular weight is 258 g/mol. The molecular formula is C14H18N4O. The van der Waals surface area contributed by atoms with E-state index in [2.05, 4.69) is 5.10 Å². The molecule has 1 atom stereocenters. The van der Waals surface area contributed by atoms with E-state index >= 15 is 0 Å². The van der Waals surface area contributed by atoms with Gasteiger partial charge in [0.2, 0.25) is 0 Å². The van der Waals surface area contributed by atoms with E-state index < -0.39 is 0 Å². The molecular weight excluding hydrogens is 240 g/mol. The predicted molar refractivity (Wildman–Crippen MR) is 73.0 cm³/mol. The van der Waals surface area contributed by atoms with E-state index in [-0.39, 0.29) is 11.9 Å². The molecule has 1 aliphatic heterocycles. The quantitative estimate of drug-likeness (QED) is 0.836. The van der Waals surface area contributed by atoms with Crippen molar-refractivity contribution in [2.24, 2.45) is 5.73 Å². The number of aryl methyl sites for hydroxylation is 1. The lowest BCUT2D eigenvalue weighted by Crippen LogP contribution is -2.45. The van der Waals surface area contributed by atoms with Crippen LogP contribution in [0.4, 0.5) is 0 Å². The molecule has 3 rings (SSSR count). The Morgan fingerprint density at radius 2 is 2.32 bits per heavy atom. The van der Waals surface area contributed by atoms with Crippen LogP contribution < -0.4 is 5.73 Å². The largest absolute Gasteiger partial charge is 0.336 e. The Morgan fingerprint density at radius 1 is 1.47 bits per heavy atom. The van der Waals surface area contributed by atoms with E-state index in [1.54, 1.807) is 4.52 Å². The van der Waals surface area contributed by atoms with Crippen LogP contribution in [-0.4, -0.2) is 39.6 Å². The number of aromatic nitrogens is 2. The second-order valence-corrected chi connectivity index (χ2v) is 5.26. The van der Waals surface area contributed by atoms with E-state index in [0.29, 0.717) is 12.2 Å². The molecule has 1 amide bonds. The number of hydrogen-bond acceptors (Lipinski definition) is 3. The molecule has 5 nitrogen and oxygen atoms in total. The van der Waals surface area contributed by atoms with Gasteiger partial charge in [0.15, 0.2) is 5.69 Å². The molecule has 3 heterocycles. The first-order valence-corrected chi connectivity index (χ1v) is 6.64. The van der Waals surface area contributed by atoms with Crippen molar-refractivity contribution < 1.29 is 4.79 Å². The summed E-state index contributed by atoms with van der Waals surface area (Å²) in [6, 6.07) is 5.93. The molecule has 1 fully saturated rings. The van der Waals surface area contributed by atoms with Crippen molar-refractivity contribution in [2.75, 3.05) is 13.1 Å². The smallest absolute Gasteiger partial charge is 0.274 e. The summed E-state index contributed by atoms with van der Waals surface area (Å²) in [5, 5.41) is 4.34. The lowest BCUT2D eigenvalue weighted by Gasteiger charge is -2.30. The molecule has 0 spiro atoms. The molecule has 1 aliphatic rings. The second-order valence-electron chi connectivity index (χ2n) is 5.26. The van der Waals surface area contributed by atoms with Gasteiger partial charge in [0.1, 0.15) is 0 Å². The highest BCUT2D eigenvalue weighted by atomic mass is 16.2. The fraction of sp³-hybridized carbons (Fsp3) is 0.429. The van der Waals surface area contributed by atoms with Crippen LogP contribution in [0.2, 0.25) is 0 Å². The van der Waals surface area contributed by atoms with Gasteiger partial charge in [-0.25, -0.2) is 4.52 Å². The monoisotopic (exact) mass is 258 g/mol. The molecule has 19 heavy (non-hydrogen) atoms. The average Bonchev–Trinajstić information content (AvgIpc) is 2.80. The first-order valence-electron chi connectivity index (χ1n) is 6.64. The molecule has 1 saturated heterocycles. The van der Waals surface area contributed by atoms with Crippen LogP contribution in [0.5, 0.6) is 0 Å². The summed E-state index contributed by atoms with van der Waals surface area (Å²) in [6.07, 6.45) is 3.84. The van der Waals surface area contributed by atoms with Crippen LogP contribution >= 0.6 is 0 Å². The number of carbonyl (C=O) groups excluding carboxylic acids is 1. The van der Waals surface area contributed by atoms with Crippen molar-refractivity contribution in [3.63, 3.8) is 0 Å². The maximum atomic E-state index is 12.4. The lowest BCUT2D eigenvalue weighted by molar-refractivity contribution is 0.0702. The number of piperidine rings is 1. The summed E-state index contributed by atoms with van der Waals surface area (Å²) in [4.78, 5) is 14.2. The van der Waals surface area contributed by atoms with Crippen LogP contribution in [-0.2, 0) is 0 Å². The van der Waals surface area contributed by atoms with Crippen LogP contribution in [0, 0.1) is 6.92 Å². The van der Waals surface area contributed by atoms with Crippen molar-refractivity contribution in [2.45, 2.75) is 25.8 Å². The first-order chi connectivity index (χ1) is 9.13. The Bertz CT molecular complexity index is 619. The second kappa shape index (κ2) is 4.66. The van der Waals surface area contributed by atoms with Crippen LogP contribution in [0.25, 0.3) is 5.52 Å². The van der Waals surface area contributed by atoms with Crippen molar-refractivity contribution in [3.05, 3.63) is 35.7 Å². The Kier molecular flexibility index (Phi) is 2.98. The fourth-order valence-corrected chi connectivity index (χ4v) is 2.57. The summed E-state index contributed by atoms with van der Waals surface area (Å²) in [5.41, 5.74) is 8.52. The molecule has 2 aromatic heterocycles. The van der Waals surface area contributed by atoms with E-state index in [1.165, 1.54) is 0 Å². The van der Waals surface area contributed by atoms with Gasteiger partial charge in [-0.05, 0) is 43.5 Å². The number of amides is 1. The molecule has 2 N–H and O–H groups in total. The SMILES string of the molecule is Cc1ccn2nc(C(=O)N3CCC[C@@H](N)C3)cc2c1. The zero-order valence-electron chi connectivity index (χ0n) is 11.0. The molecule has 2 aromatic rings. The topological polar surface area (TPSA) is 63.6 Å². The van der Waals surface area contributed by atoms with E-state index in [0.717, 1.165) is 30.5 Å². The number of nitrogens with two attached hydrogens (primary N) is 1. The van der Waals surface area contributed by atoms with Gasteiger partial charge in [-0.15, -0.1) is 0 Å². The third-order valence-electron chi connectivity index (χ3n) is 3.58. The van der Waals surface area contributed by atoms with Gasteiger partial charge in [0.05, 0.1) is 5.52 Å². The molecule has 0 saturated carbocycles. The lowest BCUT2D eigenvalue weighted by atomic mass is 10.1. The number of likely N-dealkylation sites (tertiary alicyclic amines) is 1. The van der Waals surface area contributed by atoms with Crippen molar-refractivity contribution in [1.29, 1.82) is 0 Å². The minimum absolute atomic E-state index is 0.0171. The molecule has 0 aromatic carbocycles. The number of fused-ring (bicyclic) bond motifs is 1. The van der Waals surface area contributed by atoms with Gasteiger partial charge in [0.25, 0.3) is 5.91 Å². The maximum Gasteiger partial charge on any atom is 0.274 e. The standard InChI is InChI=1S/C14H18N4O/c1-10-4-6-18-12(7-10)8-13(16-18)14(19)17-5-2-3-11(15)9-17/h4,6-8,11H,2-3,5,9,15H2,1H3/t11-/m1/s1. The van der Waals surface area contributed by atoms with Gasteiger partial charge >= 0.3 is 0 Å². The third kappa shape index (κ3) is 2.33. The highest BCUT2D eigenvalue weighted by Crippen LogP contribution is 2.14. The van der Waals surface area contributed by atoms with Gasteiger partial charge < -0.3 is 10.6 Å². The molecule has 5 heteroatoms. The highest BCUT2D eigenvalue weighted by Gasteiger charge is 2.24. The Balaban J connectivity index is 1.88. The maximum absolute atomic E-state index is 12.4.